The molecule has 0 aromatic rings. The van der Waals surface area contributed by atoms with E-state index in [1.807, 2.05) is 65.6 Å². The summed E-state index contributed by atoms with van der Waals surface area (Å²) in [6.07, 6.45) is -3.52. The van der Waals surface area contributed by atoms with Gasteiger partial charge in [-0.25, -0.2) is 0 Å². The quantitative estimate of drug-likeness (QED) is 0.367. The fourth-order valence-corrected chi connectivity index (χ4v) is 9.09. The minimum absolute atomic E-state index is 0.00172. The topological polar surface area (TPSA) is 151 Å². The molecule has 4 heterocycles. The first-order valence-corrected chi connectivity index (χ1v) is 18.8. The molecule has 0 unspecified atom stereocenters. The molecule has 0 saturated carbocycles. The molecule has 0 aromatic carbocycles. The van der Waals surface area contributed by atoms with E-state index in [0.717, 1.165) is 0 Å². The summed E-state index contributed by atoms with van der Waals surface area (Å²) in [5, 5.41) is 34.8. The molecule has 290 valence electrons. The summed E-state index contributed by atoms with van der Waals surface area (Å²) in [4.78, 5) is 32.3. The van der Waals surface area contributed by atoms with Crippen molar-refractivity contribution in [3.63, 3.8) is 0 Å². The van der Waals surface area contributed by atoms with E-state index in [4.69, 9.17) is 23.7 Å². The van der Waals surface area contributed by atoms with Crippen molar-refractivity contribution in [2.24, 2.45) is 17.8 Å². The van der Waals surface area contributed by atoms with Crippen molar-refractivity contribution in [1.29, 1.82) is 0 Å². The Hall–Kier alpha value is -1.42. The van der Waals surface area contributed by atoms with Crippen molar-refractivity contribution in [3.8, 4) is 0 Å². The third kappa shape index (κ3) is 8.52. The molecule has 4 saturated heterocycles. The number of aliphatic hydroxyl groups is 3. The van der Waals surface area contributed by atoms with Gasteiger partial charge in [0.2, 0.25) is 5.91 Å². The predicted octanol–water partition coefficient (Wildman–Crippen LogP) is 2.38. The molecule has 2 bridgehead atoms. The minimum atomic E-state index is -1.72. The van der Waals surface area contributed by atoms with Gasteiger partial charge in [-0.1, -0.05) is 20.8 Å². The lowest BCUT2D eigenvalue weighted by Crippen LogP contribution is -2.60. The molecule has 4 aliphatic rings. The van der Waals surface area contributed by atoms with Crippen LogP contribution in [0.3, 0.4) is 0 Å². The van der Waals surface area contributed by atoms with Crippen molar-refractivity contribution >= 4 is 11.9 Å². The van der Waals surface area contributed by atoms with Gasteiger partial charge in [0, 0.05) is 57.4 Å². The standard InChI is InChI=1S/C37H67N3O10/c1-13-28-36(9,45)31(43)25(6)39(12)20-21(2)19-35(8)32(48-34-29(42)27(38(10)11)18-22(3)46-34)23(4)30(24(5)33(44)47-28)49-37(50-35)14-16-40(17-15-37)26(7)41/h21-25,27-32,34,42-43,45H,13-20H2,1-12H3/t21-,22-,23+,24-,25-,27+,28-,29-,30+,31-,32-,34+,35-,36-/m1/s1. The number of hydrogen-bond donors (Lipinski definition) is 3. The number of aliphatic hydroxyl groups excluding tert-OH is 2. The number of rotatable bonds is 4. The largest absolute Gasteiger partial charge is 0.459 e. The molecule has 0 radical (unpaired) electrons. The number of ether oxygens (including phenoxy) is 5. The molecule has 13 heteroatoms. The fraction of sp³-hybridized carbons (Fsp3) is 0.946. The van der Waals surface area contributed by atoms with Crippen LogP contribution in [0.5, 0.6) is 0 Å². The lowest BCUT2D eigenvalue weighted by Gasteiger charge is -2.49. The molecule has 50 heavy (non-hydrogen) atoms. The van der Waals surface area contributed by atoms with E-state index >= 15 is 0 Å². The molecular formula is C37H67N3O10. The first-order chi connectivity index (χ1) is 23.2. The maximum absolute atomic E-state index is 14.1. The number of carbonyl (C=O) groups excluding carboxylic acids is 2. The number of cyclic esters (lactones) is 1. The van der Waals surface area contributed by atoms with Gasteiger partial charge < -0.3 is 53.7 Å². The fourth-order valence-electron chi connectivity index (χ4n) is 9.09. The molecule has 13 nitrogen and oxygen atoms in total. The van der Waals surface area contributed by atoms with Gasteiger partial charge in [-0.2, -0.15) is 0 Å². The summed E-state index contributed by atoms with van der Waals surface area (Å²) in [5.41, 5.74) is -2.73. The predicted molar refractivity (Wildman–Crippen MR) is 187 cm³/mol. The number of likely N-dealkylation sites (tertiary alicyclic amines) is 1. The van der Waals surface area contributed by atoms with Crippen molar-refractivity contribution in [2.75, 3.05) is 40.8 Å². The van der Waals surface area contributed by atoms with Crippen LogP contribution in [0.1, 0.15) is 94.4 Å². The van der Waals surface area contributed by atoms with E-state index < -0.39 is 77.6 Å². The number of likely N-dealkylation sites (N-methyl/N-ethyl adjacent to an activating group) is 2. The Morgan fingerprint density at radius 3 is 2.26 bits per heavy atom. The maximum Gasteiger partial charge on any atom is 0.311 e. The number of hydrogen-bond acceptors (Lipinski definition) is 12. The number of fused-ring (bicyclic) bond motifs is 3. The van der Waals surface area contributed by atoms with Crippen LogP contribution in [-0.4, -0.2) is 155 Å². The van der Waals surface area contributed by atoms with Crippen molar-refractivity contribution < 1.29 is 48.6 Å². The second-order valence-electron chi connectivity index (χ2n) is 16.7. The summed E-state index contributed by atoms with van der Waals surface area (Å²) < 4.78 is 33.6. The van der Waals surface area contributed by atoms with E-state index in [-0.39, 0.29) is 30.4 Å². The minimum Gasteiger partial charge on any atom is -0.459 e. The molecule has 4 rings (SSSR count). The van der Waals surface area contributed by atoms with Gasteiger partial charge in [0.15, 0.2) is 12.1 Å². The van der Waals surface area contributed by atoms with Crippen LogP contribution in [0, 0.1) is 17.8 Å². The number of piperidine rings is 1. The third-order valence-electron chi connectivity index (χ3n) is 12.1. The molecule has 0 aliphatic carbocycles. The van der Waals surface area contributed by atoms with E-state index in [0.29, 0.717) is 45.3 Å². The van der Waals surface area contributed by atoms with Gasteiger partial charge >= 0.3 is 5.97 Å². The van der Waals surface area contributed by atoms with Gasteiger partial charge in [0.25, 0.3) is 0 Å². The summed E-state index contributed by atoms with van der Waals surface area (Å²) in [5.74, 6) is -3.02. The summed E-state index contributed by atoms with van der Waals surface area (Å²) in [6, 6.07) is -0.663. The highest BCUT2D eigenvalue weighted by Gasteiger charge is 2.58. The third-order valence-corrected chi connectivity index (χ3v) is 12.1. The Labute approximate surface area is 299 Å². The zero-order valence-corrected chi connectivity index (χ0v) is 32.6. The Morgan fingerprint density at radius 1 is 1.08 bits per heavy atom. The number of amides is 1. The molecule has 14 atom stereocenters. The van der Waals surface area contributed by atoms with Crippen LogP contribution in [0.4, 0.5) is 0 Å². The molecular weight excluding hydrogens is 646 g/mol. The normalized spacial score (nSPS) is 45.5. The van der Waals surface area contributed by atoms with Crippen LogP contribution >= 0.6 is 0 Å². The summed E-state index contributed by atoms with van der Waals surface area (Å²) in [7, 11) is 5.78. The highest BCUT2D eigenvalue weighted by molar-refractivity contribution is 5.73. The van der Waals surface area contributed by atoms with Gasteiger partial charge in [-0.05, 0) is 80.9 Å². The second-order valence-corrected chi connectivity index (χ2v) is 16.7. The van der Waals surface area contributed by atoms with E-state index in [9.17, 15) is 24.9 Å². The smallest absolute Gasteiger partial charge is 0.311 e. The zero-order valence-electron chi connectivity index (χ0n) is 32.6. The number of carbonyl (C=O) groups is 2. The van der Waals surface area contributed by atoms with Crippen LogP contribution in [0.2, 0.25) is 0 Å². The average Bonchev–Trinajstić information content (AvgIpc) is 3.11. The van der Waals surface area contributed by atoms with Gasteiger partial charge in [0.05, 0.1) is 29.8 Å². The summed E-state index contributed by atoms with van der Waals surface area (Å²) in [6.45, 7) is 18.0. The molecule has 1 spiro atoms. The monoisotopic (exact) mass is 713 g/mol. The van der Waals surface area contributed by atoms with Crippen LogP contribution in [0.25, 0.3) is 0 Å². The Morgan fingerprint density at radius 2 is 1.70 bits per heavy atom. The second kappa shape index (κ2) is 15.9. The van der Waals surface area contributed by atoms with E-state index in [1.54, 1.807) is 18.7 Å². The molecule has 3 N–H and O–H groups in total. The molecule has 0 aromatic heterocycles. The highest BCUT2D eigenvalue weighted by atomic mass is 16.7. The average molecular weight is 714 g/mol. The maximum atomic E-state index is 14.1. The van der Waals surface area contributed by atoms with Gasteiger partial charge in [0.1, 0.15) is 23.9 Å². The number of esters is 1. The summed E-state index contributed by atoms with van der Waals surface area (Å²) >= 11 is 0. The first kappa shape index (κ1) is 41.3. The van der Waals surface area contributed by atoms with Crippen molar-refractivity contribution in [2.45, 2.75) is 166 Å². The van der Waals surface area contributed by atoms with Gasteiger partial charge in [-0.15, -0.1) is 0 Å². The van der Waals surface area contributed by atoms with Crippen LogP contribution < -0.4 is 0 Å². The highest BCUT2D eigenvalue weighted by Crippen LogP contribution is 2.48. The van der Waals surface area contributed by atoms with E-state index in [1.165, 1.54) is 6.92 Å². The lowest BCUT2D eigenvalue weighted by atomic mass is 9.78. The van der Waals surface area contributed by atoms with Gasteiger partial charge in [-0.3, -0.25) is 9.59 Å². The Bertz CT molecular complexity index is 1160. The Kier molecular flexibility index (Phi) is 13.1. The first-order valence-electron chi connectivity index (χ1n) is 18.8. The molecule has 4 fully saturated rings. The Balaban J connectivity index is 1.86. The number of nitrogens with zero attached hydrogens (tertiary/aromatic N) is 3. The molecule has 1 amide bonds. The lowest BCUT2D eigenvalue weighted by molar-refractivity contribution is -0.331. The zero-order chi connectivity index (χ0) is 37.5. The van der Waals surface area contributed by atoms with Crippen LogP contribution in [0.15, 0.2) is 0 Å². The van der Waals surface area contributed by atoms with E-state index in [2.05, 4.69) is 6.92 Å². The molecule has 4 aliphatic heterocycles. The van der Waals surface area contributed by atoms with Crippen molar-refractivity contribution in [1.82, 2.24) is 14.7 Å². The SMILES string of the molecule is CC[C@H]1OC(=O)[C@H](C)[C@H]2OC3(CCN(C(C)=O)CC3)O[C@](C)(C[C@@H](C)CN(C)[C@H](C)[C@@H](O)[C@]1(C)O)[C@H](O[C@@H]1O[C@H](C)C[C@H](N(C)C)[C@H]1O)[C@H]2C. The van der Waals surface area contributed by atoms with Crippen molar-refractivity contribution in [3.05, 3.63) is 0 Å². The van der Waals surface area contributed by atoms with Crippen LogP contribution in [-0.2, 0) is 33.3 Å².